The topological polar surface area (TPSA) is 85.4 Å². The molecule has 0 aliphatic rings. The molecule has 3 N–H and O–H groups in total. The van der Waals surface area contributed by atoms with Gasteiger partial charge < -0.3 is 15.6 Å². The third kappa shape index (κ3) is 5.28. The second kappa shape index (κ2) is 8.82. The van der Waals surface area contributed by atoms with E-state index in [9.17, 15) is 9.18 Å². The lowest BCUT2D eigenvalue weighted by Gasteiger charge is -2.11. The van der Waals surface area contributed by atoms with E-state index in [0.29, 0.717) is 12.2 Å². The van der Waals surface area contributed by atoms with Crippen molar-refractivity contribution in [3.63, 3.8) is 0 Å². The van der Waals surface area contributed by atoms with Gasteiger partial charge in [-0.05, 0) is 41.3 Å². The number of rotatable bonds is 7. The summed E-state index contributed by atoms with van der Waals surface area (Å²) in [7, 11) is 0. The molecule has 3 aromatic rings. The Morgan fingerprint density at radius 3 is 2.61 bits per heavy atom. The van der Waals surface area contributed by atoms with Crippen LogP contribution in [0.5, 0.6) is 11.6 Å². The van der Waals surface area contributed by atoms with Gasteiger partial charge in [0.15, 0.2) is 5.82 Å². The van der Waals surface area contributed by atoms with E-state index in [4.69, 9.17) is 27.2 Å². The number of ether oxygens (including phenoxy) is 1. The van der Waals surface area contributed by atoms with Crippen LogP contribution in [0.25, 0.3) is 11.1 Å². The van der Waals surface area contributed by atoms with Crippen LogP contribution in [0.1, 0.15) is 12.0 Å². The Morgan fingerprint density at radius 1 is 1.18 bits per heavy atom. The summed E-state index contributed by atoms with van der Waals surface area (Å²) >= 11 is 5.68. The lowest BCUT2D eigenvalue weighted by atomic mass is 9.98. The highest BCUT2D eigenvalue weighted by Crippen LogP contribution is 2.27. The molecular formula is C21H18ClFN2O3. The van der Waals surface area contributed by atoms with Crippen molar-refractivity contribution in [3.8, 4) is 22.8 Å². The van der Waals surface area contributed by atoms with Crippen molar-refractivity contribution in [3.05, 3.63) is 77.2 Å². The van der Waals surface area contributed by atoms with Gasteiger partial charge in [0, 0.05) is 12.2 Å². The number of carboxylic acids is 1. The Morgan fingerprint density at radius 2 is 1.93 bits per heavy atom. The van der Waals surface area contributed by atoms with E-state index in [1.54, 1.807) is 12.1 Å². The number of pyridine rings is 1. The second-order valence-corrected chi connectivity index (χ2v) is 6.77. The van der Waals surface area contributed by atoms with Gasteiger partial charge in [-0.2, -0.15) is 0 Å². The molecule has 144 valence electrons. The average Bonchev–Trinajstić information content (AvgIpc) is 2.64. The molecule has 2 aromatic carbocycles. The molecule has 1 heterocycles. The van der Waals surface area contributed by atoms with E-state index >= 15 is 0 Å². The molecule has 0 bridgehead atoms. The predicted molar refractivity (Wildman–Crippen MR) is 105 cm³/mol. The maximum Gasteiger partial charge on any atom is 0.304 e. The molecule has 5 nitrogen and oxygen atoms in total. The summed E-state index contributed by atoms with van der Waals surface area (Å²) in [4.78, 5) is 14.6. The molecule has 28 heavy (non-hydrogen) atoms. The molecule has 0 radical (unpaired) electrons. The van der Waals surface area contributed by atoms with E-state index in [1.807, 2.05) is 36.4 Å². The molecule has 0 spiro atoms. The number of halogens is 2. The highest BCUT2D eigenvalue weighted by Gasteiger charge is 2.10. The first-order valence-corrected chi connectivity index (χ1v) is 8.94. The van der Waals surface area contributed by atoms with E-state index in [2.05, 4.69) is 4.98 Å². The van der Waals surface area contributed by atoms with Crippen molar-refractivity contribution >= 4 is 17.6 Å². The zero-order valence-electron chi connectivity index (χ0n) is 14.8. The van der Waals surface area contributed by atoms with Gasteiger partial charge in [-0.25, -0.2) is 9.37 Å². The lowest BCUT2D eigenvalue weighted by Crippen LogP contribution is -2.26. The number of benzene rings is 2. The SMILES string of the molecule is N[C@H](CC(=O)O)Cc1cccc(-c2ccc(Oc3ncc(Cl)cc3F)cc2)c1. The third-order valence-electron chi connectivity index (χ3n) is 4.04. The number of carboxylic acid groups (broad SMARTS) is 1. The van der Waals surface area contributed by atoms with E-state index in [-0.39, 0.29) is 17.3 Å². The fourth-order valence-corrected chi connectivity index (χ4v) is 2.93. The van der Waals surface area contributed by atoms with Crippen molar-refractivity contribution in [1.29, 1.82) is 0 Å². The van der Waals surface area contributed by atoms with Crippen LogP contribution in [0.4, 0.5) is 4.39 Å². The van der Waals surface area contributed by atoms with Gasteiger partial charge in [-0.15, -0.1) is 0 Å². The van der Waals surface area contributed by atoms with Crippen molar-refractivity contribution in [2.45, 2.75) is 18.9 Å². The fourth-order valence-electron chi connectivity index (χ4n) is 2.78. The smallest absolute Gasteiger partial charge is 0.304 e. The monoisotopic (exact) mass is 400 g/mol. The predicted octanol–water partition coefficient (Wildman–Crippen LogP) is 4.68. The maximum atomic E-state index is 13.8. The molecule has 0 aliphatic carbocycles. The highest BCUT2D eigenvalue weighted by atomic mass is 35.5. The summed E-state index contributed by atoms with van der Waals surface area (Å²) in [6.07, 6.45) is 1.71. The quantitative estimate of drug-likeness (QED) is 0.601. The summed E-state index contributed by atoms with van der Waals surface area (Å²) in [6.45, 7) is 0. The van der Waals surface area contributed by atoms with E-state index < -0.39 is 17.8 Å². The van der Waals surface area contributed by atoms with Gasteiger partial charge in [-0.1, -0.05) is 48.0 Å². The summed E-state index contributed by atoms with van der Waals surface area (Å²) in [5, 5.41) is 9.03. The van der Waals surface area contributed by atoms with Crippen LogP contribution >= 0.6 is 11.6 Å². The molecule has 0 aliphatic heterocycles. The average molecular weight is 401 g/mol. The summed E-state index contributed by atoms with van der Waals surface area (Å²) in [5.41, 5.74) is 8.72. The molecule has 1 aromatic heterocycles. The van der Waals surface area contributed by atoms with Gasteiger partial charge >= 0.3 is 5.97 Å². The molecule has 3 rings (SSSR count). The first-order valence-electron chi connectivity index (χ1n) is 8.56. The van der Waals surface area contributed by atoms with Crippen LogP contribution < -0.4 is 10.5 Å². The number of nitrogens with two attached hydrogens (primary N) is 1. The highest BCUT2D eigenvalue weighted by molar-refractivity contribution is 6.30. The molecule has 7 heteroatoms. The second-order valence-electron chi connectivity index (χ2n) is 6.33. The zero-order valence-corrected chi connectivity index (χ0v) is 15.6. The van der Waals surface area contributed by atoms with Crippen LogP contribution in [0.2, 0.25) is 5.02 Å². The van der Waals surface area contributed by atoms with Crippen LogP contribution in [0, 0.1) is 5.82 Å². The van der Waals surface area contributed by atoms with Crippen molar-refractivity contribution in [2.75, 3.05) is 0 Å². The fraction of sp³-hybridized carbons (Fsp3) is 0.143. The Bertz CT molecular complexity index is 980. The van der Waals surface area contributed by atoms with Crippen LogP contribution in [-0.2, 0) is 11.2 Å². The Labute approximate surface area is 166 Å². The third-order valence-corrected chi connectivity index (χ3v) is 4.24. The number of carbonyl (C=O) groups is 1. The molecule has 0 fully saturated rings. The molecule has 0 saturated carbocycles. The van der Waals surface area contributed by atoms with Crippen LogP contribution in [-0.4, -0.2) is 22.1 Å². The lowest BCUT2D eigenvalue weighted by molar-refractivity contribution is -0.137. The molecule has 0 saturated heterocycles. The minimum Gasteiger partial charge on any atom is -0.481 e. The standard InChI is InChI=1S/C21H18ClFN2O3/c22-16-10-19(23)21(25-12-16)28-18-6-4-14(5-7-18)15-3-1-2-13(8-15)9-17(24)11-20(26)27/h1-8,10,12,17H,9,11,24H2,(H,26,27)/t17-/m0/s1. The summed E-state index contributed by atoms with van der Waals surface area (Å²) < 4.78 is 19.2. The number of nitrogens with zero attached hydrogens (tertiary/aromatic N) is 1. The van der Waals surface area contributed by atoms with Gasteiger partial charge in [0.05, 0.1) is 11.4 Å². The zero-order chi connectivity index (χ0) is 20.1. The summed E-state index contributed by atoms with van der Waals surface area (Å²) in [6, 6.07) is 15.6. The minimum absolute atomic E-state index is 0.0778. The Hall–Kier alpha value is -2.96. The molecular weight excluding hydrogens is 383 g/mol. The molecule has 1 atom stereocenters. The van der Waals surface area contributed by atoms with E-state index in [1.165, 1.54) is 6.20 Å². The molecule has 0 amide bonds. The van der Waals surface area contributed by atoms with Crippen molar-refractivity contribution in [1.82, 2.24) is 4.98 Å². The number of hydrogen-bond acceptors (Lipinski definition) is 4. The first kappa shape index (κ1) is 19.8. The van der Waals surface area contributed by atoms with Gasteiger partial charge in [-0.3, -0.25) is 4.79 Å². The Kier molecular flexibility index (Phi) is 6.23. The largest absolute Gasteiger partial charge is 0.481 e. The summed E-state index contributed by atoms with van der Waals surface area (Å²) in [5.74, 6) is -1.25. The normalized spacial score (nSPS) is 11.8. The van der Waals surface area contributed by atoms with Crippen LogP contribution in [0.15, 0.2) is 60.8 Å². The minimum atomic E-state index is -0.911. The first-order chi connectivity index (χ1) is 13.4. The number of aliphatic carboxylic acids is 1. The number of hydrogen-bond donors (Lipinski definition) is 2. The van der Waals surface area contributed by atoms with Gasteiger partial charge in [0.2, 0.25) is 0 Å². The van der Waals surface area contributed by atoms with Gasteiger partial charge in [0.25, 0.3) is 5.88 Å². The van der Waals surface area contributed by atoms with Gasteiger partial charge in [0.1, 0.15) is 5.75 Å². The molecule has 0 unspecified atom stereocenters. The number of aromatic nitrogens is 1. The van der Waals surface area contributed by atoms with Crippen molar-refractivity contribution in [2.24, 2.45) is 5.73 Å². The maximum absolute atomic E-state index is 13.8. The van der Waals surface area contributed by atoms with Crippen LogP contribution in [0.3, 0.4) is 0 Å². The van der Waals surface area contributed by atoms with Crippen molar-refractivity contribution < 1.29 is 19.0 Å². The van der Waals surface area contributed by atoms with E-state index in [0.717, 1.165) is 22.8 Å². The Balaban J connectivity index is 1.72.